The van der Waals surface area contributed by atoms with Crippen molar-refractivity contribution in [2.75, 3.05) is 29.4 Å². The molecular formula is C23H19F3N4O. The Morgan fingerprint density at radius 2 is 1.94 bits per heavy atom. The van der Waals surface area contributed by atoms with Gasteiger partial charge in [-0.25, -0.2) is 4.98 Å². The number of pyridine rings is 2. The summed E-state index contributed by atoms with van der Waals surface area (Å²) in [6, 6.07) is 10.3. The second-order valence-corrected chi connectivity index (χ2v) is 8.66. The lowest BCUT2D eigenvalue weighted by molar-refractivity contribution is -0.137. The van der Waals surface area contributed by atoms with Crippen LogP contribution in [-0.2, 0) is 11.0 Å². The topological polar surface area (TPSA) is 49.3 Å². The van der Waals surface area contributed by atoms with Crippen LogP contribution in [0.25, 0.3) is 10.8 Å². The number of nitrogens with zero attached hydrogens (tertiary/aromatic N) is 4. The first-order valence-electron chi connectivity index (χ1n) is 10.3. The summed E-state index contributed by atoms with van der Waals surface area (Å²) in [7, 11) is 0. The molecule has 0 radical (unpaired) electrons. The number of rotatable bonds is 2. The van der Waals surface area contributed by atoms with Gasteiger partial charge in [-0.2, -0.15) is 13.2 Å². The van der Waals surface area contributed by atoms with E-state index in [1.165, 1.54) is 6.07 Å². The summed E-state index contributed by atoms with van der Waals surface area (Å²) in [5, 5.41) is 1.99. The van der Waals surface area contributed by atoms with Crippen molar-refractivity contribution in [2.24, 2.45) is 17.3 Å². The van der Waals surface area contributed by atoms with Crippen molar-refractivity contribution in [1.29, 1.82) is 0 Å². The molecule has 1 spiro atoms. The standard InChI is InChI=1S/C23H19F3N4O/c24-23(25,26)15-4-5-20(28-11-15)29-9-7-17-18-12-30(21(31)22(17,18)13-29)19-3-1-2-14-10-27-8-6-16(14)19/h1-6,8,10-11,17-18H,7,9,12-13H2/t17?,18?,22-/m1/s1. The Morgan fingerprint density at radius 1 is 1.06 bits per heavy atom. The molecule has 2 aliphatic heterocycles. The van der Waals surface area contributed by atoms with Gasteiger partial charge in [-0.1, -0.05) is 12.1 Å². The lowest BCUT2D eigenvalue weighted by Gasteiger charge is -2.34. The van der Waals surface area contributed by atoms with Gasteiger partial charge in [0.2, 0.25) is 5.91 Å². The highest BCUT2D eigenvalue weighted by molar-refractivity contribution is 6.09. The van der Waals surface area contributed by atoms with E-state index in [2.05, 4.69) is 9.97 Å². The lowest BCUT2D eigenvalue weighted by Crippen LogP contribution is -2.45. The van der Waals surface area contributed by atoms with Crippen LogP contribution in [-0.4, -0.2) is 35.5 Å². The fraction of sp³-hybridized carbons (Fsp3) is 0.348. The van der Waals surface area contributed by atoms with Gasteiger partial charge in [0.25, 0.3) is 0 Å². The highest BCUT2D eigenvalue weighted by Gasteiger charge is 2.75. The van der Waals surface area contributed by atoms with Crippen molar-refractivity contribution in [3.05, 3.63) is 60.6 Å². The Labute approximate surface area is 176 Å². The van der Waals surface area contributed by atoms with E-state index >= 15 is 0 Å². The molecule has 2 aromatic heterocycles. The summed E-state index contributed by atoms with van der Waals surface area (Å²) in [5.41, 5.74) is -0.324. The van der Waals surface area contributed by atoms with Crippen molar-refractivity contribution in [1.82, 2.24) is 9.97 Å². The fourth-order valence-corrected chi connectivity index (χ4v) is 5.68. The minimum atomic E-state index is -4.41. The average Bonchev–Trinajstić information content (AvgIpc) is 3.34. The number of halogens is 3. The highest BCUT2D eigenvalue weighted by Crippen LogP contribution is 2.68. The first-order chi connectivity index (χ1) is 14.9. The van der Waals surface area contributed by atoms with E-state index in [9.17, 15) is 18.0 Å². The van der Waals surface area contributed by atoms with E-state index in [4.69, 9.17) is 0 Å². The minimum absolute atomic E-state index is 0.114. The van der Waals surface area contributed by atoms with Gasteiger partial charge in [0.05, 0.1) is 16.7 Å². The molecule has 1 aliphatic carbocycles. The molecule has 5 nitrogen and oxygen atoms in total. The van der Waals surface area contributed by atoms with Crippen LogP contribution >= 0.6 is 0 Å². The van der Waals surface area contributed by atoms with Crippen LogP contribution in [0.1, 0.15) is 12.0 Å². The molecule has 0 N–H and O–H groups in total. The van der Waals surface area contributed by atoms with E-state index < -0.39 is 17.2 Å². The lowest BCUT2D eigenvalue weighted by atomic mass is 9.95. The monoisotopic (exact) mass is 424 g/mol. The molecule has 3 aliphatic rings. The van der Waals surface area contributed by atoms with Gasteiger partial charge >= 0.3 is 6.18 Å². The SMILES string of the molecule is O=C1N(c2cccc3cnccc23)CC2C3CCN(c4ccc(C(F)(F)F)cn4)C[C@@]132. The number of alkyl halides is 3. The molecular weight excluding hydrogens is 405 g/mol. The Balaban J connectivity index is 1.29. The smallest absolute Gasteiger partial charge is 0.356 e. The van der Waals surface area contributed by atoms with Gasteiger partial charge < -0.3 is 9.80 Å². The number of anilines is 2. The third-order valence-corrected chi connectivity index (χ3v) is 7.23. The zero-order chi connectivity index (χ0) is 21.4. The van der Waals surface area contributed by atoms with Crippen LogP contribution in [0.2, 0.25) is 0 Å². The Hall–Kier alpha value is -3.16. The number of hydrogen-bond acceptors (Lipinski definition) is 4. The number of amides is 1. The molecule has 1 aromatic carbocycles. The van der Waals surface area contributed by atoms with Gasteiger partial charge in [-0.05, 0) is 42.5 Å². The summed E-state index contributed by atoms with van der Waals surface area (Å²) in [6.45, 7) is 1.88. The number of benzene rings is 1. The van der Waals surface area contributed by atoms with Gasteiger partial charge in [0.15, 0.2) is 0 Å². The molecule has 8 heteroatoms. The van der Waals surface area contributed by atoms with E-state index in [-0.39, 0.29) is 11.8 Å². The van der Waals surface area contributed by atoms with Crippen LogP contribution in [0.4, 0.5) is 24.7 Å². The molecule has 2 saturated heterocycles. The minimum Gasteiger partial charge on any atom is -0.356 e. The summed E-state index contributed by atoms with van der Waals surface area (Å²) < 4.78 is 38.6. The summed E-state index contributed by atoms with van der Waals surface area (Å²) in [5.74, 6) is 1.23. The molecule has 3 aromatic rings. The van der Waals surface area contributed by atoms with E-state index in [0.29, 0.717) is 31.4 Å². The largest absolute Gasteiger partial charge is 0.417 e. The summed E-state index contributed by atoms with van der Waals surface area (Å²) in [6.07, 6.45) is 0.837. The van der Waals surface area contributed by atoms with Crippen LogP contribution in [0.3, 0.4) is 0 Å². The van der Waals surface area contributed by atoms with Gasteiger partial charge in [-0.3, -0.25) is 9.78 Å². The number of carbonyl (C=O) groups excluding carboxylic acids is 1. The van der Waals surface area contributed by atoms with Crippen molar-refractivity contribution in [3.63, 3.8) is 0 Å². The summed E-state index contributed by atoms with van der Waals surface area (Å²) in [4.78, 5) is 25.7. The number of carbonyl (C=O) groups is 1. The first kappa shape index (κ1) is 18.6. The van der Waals surface area contributed by atoms with Crippen molar-refractivity contribution in [2.45, 2.75) is 12.6 Å². The zero-order valence-electron chi connectivity index (χ0n) is 16.5. The second-order valence-electron chi connectivity index (χ2n) is 8.66. The van der Waals surface area contributed by atoms with Crippen molar-refractivity contribution < 1.29 is 18.0 Å². The van der Waals surface area contributed by atoms with Crippen molar-refractivity contribution >= 4 is 28.2 Å². The van der Waals surface area contributed by atoms with E-state index in [1.54, 1.807) is 12.4 Å². The second kappa shape index (κ2) is 6.18. The maximum Gasteiger partial charge on any atom is 0.417 e. The van der Waals surface area contributed by atoms with E-state index in [1.807, 2.05) is 34.1 Å². The number of aromatic nitrogens is 2. The molecule has 2 unspecified atom stereocenters. The molecule has 3 fully saturated rings. The van der Waals surface area contributed by atoms with Crippen LogP contribution in [0.15, 0.2) is 55.0 Å². The maximum absolute atomic E-state index is 13.6. The molecule has 1 saturated carbocycles. The predicted octanol–water partition coefficient (Wildman–Crippen LogP) is 4.14. The zero-order valence-corrected chi connectivity index (χ0v) is 16.5. The van der Waals surface area contributed by atoms with Gasteiger partial charge in [0.1, 0.15) is 5.82 Å². The van der Waals surface area contributed by atoms with Gasteiger partial charge in [0, 0.05) is 49.0 Å². The molecule has 6 rings (SSSR count). The van der Waals surface area contributed by atoms with Crippen molar-refractivity contribution in [3.8, 4) is 0 Å². The maximum atomic E-state index is 13.6. The normalized spacial score (nSPS) is 27.4. The Morgan fingerprint density at radius 3 is 2.71 bits per heavy atom. The first-order valence-corrected chi connectivity index (χ1v) is 10.3. The molecule has 31 heavy (non-hydrogen) atoms. The van der Waals surface area contributed by atoms with Crippen LogP contribution < -0.4 is 9.80 Å². The quantitative estimate of drug-likeness (QED) is 0.621. The molecule has 4 heterocycles. The third kappa shape index (κ3) is 2.60. The third-order valence-electron chi connectivity index (χ3n) is 7.23. The van der Waals surface area contributed by atoms with E-state index in [0.717, 1.165) is 35.1 Å². The van der Waals surface area contributed by atoms with Crippen LogP contribution in [0.5, 0.6) is 0 Å². The molecule has 0 bridgehead atoms. The predicted molar refractivity (Wildman–Crippen MR) is 110 cm³/mol. The number of piperidine rings is 2. The van der Waals surface area contributed by atoms with Gasteiger partial charge in [-0.15, -0.1) is 0 Å². The Kier molecular flexibility index (Phi) is 3.71. The molecule has 1 amide bonds. The highest BCUT2D eigenvalue weighted by atomic mass is 19.4. The summed E-state index contributed by atoms with van der Waals surface area (Å²) >= 11 is 0. The average molecular weight is 424 g/mol. The number of fused-ring (bicyclic) bond motifs is 2. The fourth-order valence-electron chi connectivity index (χ4n) is 5.68. The Bertz CT molecular complexity index is 1190. The number of hydrogen-bond donors (Lipinski definition) is 0. The molecule has 3 atom stereocenters. The molecule has 158 valence electrons. The van der Waals surface area contributed by atoms with Crippen LogP contribution in [0, 0.1) is 17.3 Å².